The maximum atomic E-state index is 11.4. The van der Waals surface area contributed by atoms with E-state index in [2.05, 4.69) is 20.9 Å². The predicted molar refractivity (Wildman–Crippen MR) is 95.7 cm³/mol. The van der Waals surface area contributed by atoms with Crippen molar-refractivity contribution in [1.29, 1.82) is 0 Å². The SMILES string of the molecule is CN=C(NCCNC(=O)C(C)C)NCCOc1ccc(OC)cc1. The van der Waals surface area contributed by atoms with Crippen molar-refractivity contribution in [3.63, 3.8) is 0 Å². The highest BCUT2D eigenvalue weighted by Crippen LogP contribution is 2.16. The van der Waals surface area contributed by atoms with Crippen molar-refractivity contribution in [2.75, 3.05) is 40.4 Å². The van der Waals surface area contributed by atoms with Gasteiger partial charge in [-0.1, -0.05) is 13.8 Å². The zero-order valence-electron chi connectivity index (χ0n) is 14.9. The first-order chi connectivity index (χ1) is 11.6. The molecule has 0 aliphatic heterocycles. The van der Waals surface area contributed by atoms with Crippen LogP contribution in [0.15, 0.2) is 29.3 Å². The van der Waals surface area contributed by atoms with Gasteiger partial charge in [0.15, 0.2) is 5.96 Å². The molecule has 0 heterocycles. The highest BCUT2D eigenvalue weighted by Gasteiger charge is 2.05. The maximum absolute atomic E-state index is 11.4. The van der Waals surface area contributed by atoms with Crippen LogP contribution in [0.2, 0.25) is 0 Å². The molecule has 7 heteroatoms. The number of nitrogens with zero attached hydrogens (tertiary/aromatic N) is 1. The van der Waals surface area contributed by atoms with Crippen LogP contribution < -0.4 is 25.4 Å². The lowest BCUT2D eigenvalue weighted by atomic mass is 10.2. The Morgan fingerprint density at radius 1 is 1.04 bits per heavy atom. The summed E-state index contributed by atoms with van der Waals surface area (Å²) in [4.78, 5) is 15.6. The maximum Gasteiger partial charge on any atom is 0.222 e. The number of methoxy groups -OCH3 is 1. The van der Waals surface area contributed by atoms with Gasteiger partial charge in [-0.2, -0.15) is 0 Å². The zero-order valence-corrected chi connectivity index (χ0v) is 14.9. The second kappa shape index (κ2) is 11.2. The lowest BCUT2D eigenvalue weighted by Crippen LogP contribution is -2.43. The van der Waals surface area contributed by atoms with Gasteiger partial charge in [0.1, 0.15) is 18.1 Å². The van der Waals surface area contributed by atoms with Crippen LogP contribution in [0.5, 0.6) is 11.5 Å². The summed E-state index contributed by atoms with van der Waals surface area (Å²) in [6.45, 7) is 6.02. The van der Waals surface area contributed by atoms with E-state index in [0.717, 1.165) is 11.5 Å². The summed E-state index contributed by atoms with van der Waals surface area (Å²) in [6, 6.07) is 7.44. The molecule has 1 amide bonds. The Morgan fingerprint density at radius 2 is 1.62 bits per heavy atom. The van der Waals surface area contributed by atoms with Crippen LogP contribution in [0.3, 0.4) is 0 Å². The van der Waals surface area contributed by atoms with Crippen LogP contribution in [-0.4, -0.2) is 52.3 Å². The van der Waals surface area contributed by atoms with Crippen molar-refractivity contribution in [2.45, 2.75) is 13.8 Å². The fourth-order valence-electron chi connectivity index (χ4n) is 1.80. The van der Waals surface area contributed by atoms with Crippen LogP contribution in [0, 0.1) is 5.92 Å². The Morgan fingerprint density at radius 3 is 2.21 bits per heavy atom. The molecule has 0 saturated carbocycles. The van der Waals surface area contributed by atoms with Gasteiger partial charge in [-0.05, 0) is 24.3 Å². The van der Waals surface area contributed by atoms with E-state index in [9.17, 15) is 4.79 Å². The molecule has 24 heavy (non-hydrogen) atoms. The second-order valence-electron chi connectivity index (χ2n) is 5.40. The van der Waals surface area contributed by atoms with Crippen LogP contribution in [-0.2, 0) is 4.79 Å². The van der Waals surface area contributed by atoms with Crippen molar-refractivity contribution in [3.05, 3.63) is 24.3 Å². The highest BCUT2D eigenvalue weighted by atomic mass is 16.5. The molecule has 134 valence electrons. The van der Waals surface area contributed by atoms with Crippen LogP contribution in [0.1, 0.15) is 13.8 Å². The number of amides is 1. The first-order valence-corrected chi connectivity index (χ1v) is 8.06. The highest BCUT2D eigenvalue weighted by molar-refractivity contribution is 5.80. The Labute approximate surface area is 143 Å². The molecule has 3 N–H and O–H groups in total. The number of benzene rings is 1. The van der Waals surface area contributed by atoms with Crippen molar-refractivity contribution in [3.8, 4) is 11.5 Å². The molecule has 0 saturated heterocycles. The molecule has 7 nitrogen and oxygen atoms in total. The van der Waals surface area contributed by atoms with Crippen molar-refractivity contribution in [2.24, 2.45) is 10.9 Å². The summed E-state index contributed by atoms with van der Waals surface area (Å²) in [5, 5.41) is 9.12. The van der Waals surface area contributed by atoms with E-state index in [0.29, 0.717) is 32.2 Å². The third-order valence-electron chi connectivity index (χ3n) is 3.19. The molecule has 0 radical (unpaired) electrons. The summed E-state index contributed by atoms with van der Waals surface area (Å²) in [6.07, 6.45) is 0. The second-order valence-corrected chi connectivity index (χ2v) is 5.40. The smallest absolute Gasteiger partial charge is 0.222 e. The minimum atomic E-state index is -0.00228. The summed E-state index contributed by atoms with van der Waals surface area (Å²) in [7, 11) is 3.33. The van der Waals surface area contributed by atoms with E-state index in [4.69, 9.17) is 9.47 Å². The molecule has 0 aliphatic carbocycles. The van der Waals surface area contributed by atoms with Gasteiger partial charge in [0, 0.05) is 26.1 Å². The summed E-state index contributed by atoms with van der Waals surface area (Å²) in [5.74, 6) is 2.31. The Hall–Kier alpha value is -2.44. The number of rotatable bonds is 9. The largest absolute Gasteiger partial charge is 0.497 e. The first-order valence-electron chi connectivity index (χ1n) is 8.06. The van der Waals surface area contributed by atoms with Crippen molar-refractivity contribution >= 4 is 11.9 Å². The van der Waals surface area contributed by atoms with Gasteiger partial charge in [-0.25, -0.2) is 0 Å². The number of hydrogen-bond donors (Lipinski definition) is 3. The van der Waals surface area contributed by atoms with E-state index in [1.807, 2.05) is 38.1 Å². The van der Waals surface area contributed by atoms with Gasteiger partial charge < -0.3 is 25.4 Å². The molecule has 1 rings (SSSR count). The van der Waals surface area contributed by atoms with Crippen molar-refractivity contribution in [1.82, 2.24) is 16.0 Å². The molecule has 1 aromatic rings. The number of carbonyl (C=O) groups excluding carboxylic acids is 1. The number of aliphatic imine (C=N–C) groups is 1. The van der Waals surface area contributed by atoms with Crippen LogP contribution in [0.4, 0.5) is 0 Å². The number of hydrogen-bond acceptors (Lipinski definition) is 4. The van der Waals surface area contributed by atoms with E-state index in [1.165, 1.54) is 0 Å². The average molecular weight is 336 g/mol. The van der Waals surface area contributed by atoms with Gasteiger partial charge in [0.2, 0.25) is 5.91 Å². The molecule has 0 spiro atoms. The fourth-order valence-corrected chi connectivity index (χ4v) is 1.80. The fraction of sp³-hybridized carbons (Fsp3) is 0.529. The number of ether oxygens (including phenoxy) is 2. The van der Waals surface area contributed by atoms with Gasteiger partial charge in [-0.3, -0.25) is 9.79 Å². The van der Waals surface area contributed by atoms with Gasteiger partial charge in [-0.15, -0.1) is 0 Å². The third-order valence-corrected chi connectivity index (χ3v) is 3.19. The normalized spacial score (nSPS) is 11.1. The van der Waals surface area contributed by atoms with E-state index >= 15 is 0 Å². The van der Waals surface area contributed by atoms with E-state index in [-0.39, 0.29) is 11.8 Å². The molecule has 0 bridgehead atoms. The molecule has 1 aromatic carbocycles. The Kier molecular flexibility index (Phi) is 9.11. The molecule has 0 fully saturated rings. The minimum absolute atomic E-state index is 0.00228. The molecular formula is C17H28N4O3. The third kappa shape index (κ3) is 7.71. The number of nitrogens with one attached hydrogen (secondary N) is 3. The van der Waals surface area contributed by atoms with E-state index < -0.39 is 0 Å². The topological polar surface area (TPSA) is 84.0 Å². The summed E-state index contributed by atoms with van der Waals surface area (Å²) in [5.41, 5.74) is 0. The summed E-state index contributed by atoms with van der Waals surface area (Å²) >= 11 is 0. The van der Waals surface area contributed by atoms with E-state index in [1.54, 1.807) is 14.2 Å². The lowest BCUT2D eigenvalue weighted by molar-refractivity contribution is -0.123. The molecule has 0 aromatic heterocycles. The first kappa shape index (κ1) is 19.6. The minimum Gasteiger partial charge on any atom is -0.497 e. The van der Waals surface area contributed by atoms with Crippen LogP contribution in [0.25, 0.3) is 0 Å². The quantitative estimate of drug-likeness (QED) is 0.356. The monoisotopic (exact) mass is 336 g/mol. The molecular weight excluding hydrogens is 308 g/mol. The summed E-state index contributed by atoms with van der Waals surface area (Å²) < 4.78 is 10.7. The van der Waals surface area contributed by atoms with Gasteiger partial charge >= 0.3 is 0 Å². The van der Waals surface area contributed by atoms with Gasteiger partial charge in [0.05, 0.1) is 13.7 Å². The molecule has 0 atom stereocenters. The van der Waals surface area contributed by atoms with Crippen molar-refractivity contribution < 1.29 is 14.3 Å². The number of carbonyl (C=O) groups is 1. The average Bonchev–Trinajstić information content (AvgIpc) is 2.60. The zero-order chi connectivity index (χ0) is 17.8. The van der Waals surface area contributed by atoms with Crippen LogP contribution >= 0.6 is 0 Å². The molecule has 0 unspecified atom stereocenters. The Balaban J connectivity index is 2.16. The number of guanidine groups is 1. The predicted octanol–water partition coefficient (Wildman–Crippen LogP) is 1.01. The lowest BCUT2D eigenvalue weighted by Gasteiger charge is -2.13. The Bertz CT molecular complexity index is 515. The van der Waals surface area contributed by atoms with Gasteiger partial charge in [0.25, 0.3) is 0 Å². The standard InChI is InChI=1S/C17H28N4O3/c1-13(2)16(22)19-9-10-20-17(18-3)21-11-12-24-15-7-5-14(23-4)6-8-15/h5-8,13H,9-12H2,1-4H3,(H,19,22)(H2,18,20,21). The molecule has 0 aliphatic rings.